The average Bonchev–Trinajstić information content (AvgIpc) is 3.39. The fraction of sp³-hybridized carbons (Fsp3) is 0.172. The molecule has 2 heterocycles. The van der Waals surface area contributed by atoms with E-state index in [9.17, 15) is 19.3 Å². The Hall–Kier alpha value is -4.63. The van der Waals surface area contributed by atoms with E-state index in [-0.39, 0.29) is 17.4 Å². The largest absolute Gasteiger partial charge is 0.335 e. The minimum Gasteiger partial charge on any atom is -0.335 e. The van der Waals surface area contributed by atoms with Gasteiger partial charge in [0.1, 0.15) is 11.5 Å². The van der Waals surface area contributed by atoms with Crippen LogP contribution in [-0.2, 0) is 0 Å². The van der Waals surface area contributed by atoms with Gasteiger partial charge in [0.2, 0.25) is 0 Å². The van der Waals surface area contributed by atoms with Crippen LogP contribution in [0, 0.1) is 15.9 Å². The molecule has 1 aromatic heterocycles. The maximum Gasteiger partial charge on any atom is 0.272 e. The van der Waals surface area contributed by atoms with Crippen LogP contribution in [0.4, 0.5) is 10.1 Å². The number of benzene rings is 3. The molecule has 3 aromatic carbocycles. The molecule has 0 unspecified atom stereocenters. The van der Waals surface area contributed by atoms with Crippen LogP contribution < -0.4 is 0 Å². The first-order valence-corrected chi connectivity index (χ1v) is 12.3. The van der Waals surface area contributed by atoms with E-state index in [1.54, 1.807) is 35.2 Å². The molecule has 0 N–H and O–H groups in total. The van der Waals surface area contributed by atoms with Crippen molar-refractivity contribution >= 4 is 17.7 Å². The second-order valence-electron chi connectivity index (χ2n) is 9.01. The third-order valence-electron chi connectivity index (χ3n) is 6.51. The standard InChI is InChI=1S/C29H26FN5O3/c30-24-10-8-23(9-11-24)27-21-28(34(31-27)25-12-14-26(15-13-25)35(37)38)29(36)33-19-17-32(18-20-33)16-4-7-22-5-2-1-3-6-22/h1-15,21H,16-20H2/b7-4+. The quantitative estimate of drug-likeness (QED) is 0.256. The highest BCUT2D eigenvalue weighted by Gasteiger charge is 2.26. The smallest absolute Gasteiger partial charge is 0.272 e. The van der Waals surface area contributed by atoms with Gasteiger partial charge in [-0.3, -0.25) is 19.8 Å². The van der Waals surface area contributed by atoms with Gasteiger partial charge in [0.15, 0.2) is 0 Å². The number of nitrogens with zero attached hydrogens (tertiary/aromatic N) is 5. The number of hydrogen-bond donors (Lipinski definition) is 0. The molecule has 1 aliphatic rings. The van der Waals surface area contributed by atoms with Crippen LogP contribution in [0.5, 0.6) is 0 Å². The summed E-state index contributed by atoms with van der Waals surface area (Å²) in [6, 6.07) is 23.6. The Morgan fingerprint density at radius 1 is 0.947 bits per heavy atom. The van der Waals surface area contributed by atoms with Crippen molar-refractivity contribution < 1.29 is 14.1 Å². The second-order valence-corrected chi connectivity index (χ2v) is 9.01. The Labute approximate surface area is 219 Å². The molecule has 1 aliphatic heterocycles. The SMILES string of the molecule is O=C(c1cc(-c2ccc(F)cc2)nn1-c1ccc([N+](=O)[O-])cc1)N1CCN(C/C=C/c2ccccc2)CC1. The van der Waals surface area contributed by atoms with E-state index in [4.69, 9.17) is 0 Å². The van der Waals surface area contributed by atoms with Crippen molar-refractivity contribution in [2.24, 2.45) is 0 Å². The third kappa shape index (κ3) is 5.68. The number of carbonyl (C=O) groups is 1. The summed E-state index contributed by atoms with van der Waals surface area (Å²) in [6.07, 6.45) is 4.22. The summed E-state index contributed by atoms with van der Waals surface area (Å²) < 4.78 is 15.0. The molecule has 192 valence electrons. The molecule has 0 saturated carbocycles. The molecule has 0 aliphatic carbocycles. The maximum absolute atomic E-state index is 13.6. The van der Waals surface area contributed by atoms with Crippen molar-refractivity contribution in [1.82, 2.24) is 19.6 Å². The monoisotopic (exact) mass is 511 g/mol. The van der Waals surface area contributed by atoms with Gasteiger partial charge < -0.3 is 4.90 Å². The van der Waals surface area contributed by atoms with Crippen LogP contribution in [0.2, 0.25) is 0 Å². The van der Waals surface area contributed by atoms with Gasteiger partial charge in [-0.05, 0) is 48.0 Å². The highest BCUT2D eigenvalue weighted by atomic mass is 19.1. The highest BCUT2D eigenvalue weighted by molar-refractivity contribution is 5.94. The zero-order chi connectivity index (χ0) is 26.5. The first-order chi connectivity index (χ1) is 18.5. The van der Waals surface area contributed by atoms with Crippen LogP contribution in [0.15, 0.2) is 91.0 Å². The van der Waals surface area contributed by atoms with E-state index in [0.717, 1.165) is 25.2 Å². The van der Waals surface area contributed by atoms with Gasteiger partial charge in [0.05, 0.1) is 16.3 Å². The first-order valence-electron chi connectivity index (χ1n) is 12.3. The van der Waals surface area contributed by atoms with Crippen LogP contribution in [0.3, 0.4) is 0 Å². The summed E-state index contributed by atoms with van der Waals surface area (Å²) >= 11 is 0. The predicted octanol–water partition coefficient (Wildman–Crippen LogP) is 5.06. The molecule has 4 aromatic rings. The van der Waals surface area contributed by atoms with E-state index in [0.29, 0.717) is 35.7 Å². The minimum atomic E-state index is -0.475. The number of nitro groups is 1. The van der Waals surface area contributed by atoms with E-state index in [1.807, 2.05) is 18.2 Å². The molecule has 1 saturated heterocycles. The fourth-order valence-electron chi connectivity index (χ4n) is 4.41. The van der Waals surface area contributed by atoms with Crippen LogP contribution >= 0.6 is 0 Å². The maximum atomic E-state index is 13.6. The van der Waals surface area contributed by atoms with E-state index in [1.165, 1.54) is 28.9 Å². The van der Waals surface area contributed by atoms with E-state index >= 15 is 0 Å². The molecule has 0 radical (unpaired) electrons. The predicted molar refractivity (Wildman–Crippen MR) is 143 cm³/mol. The molecular formula is C29H26FN5O3. The van der Waals surface area contributed by atoms with Crippen LogP contribution in [0.25, 0.3) is 23.0 Å². The molecule has 8 nitrogen and oxygen atoms in total. The first kappa shape index (κ1) is 25.0. The van der Waals surface area contributed by atoms with Crippen molar-refractivity contribution in [2.45, 2.75) is 0 Å². The summed E-state index contributed by atoms with van der Waals surface area (Å²) in [5.41, 5.74) is 3.14. The molecule has 0 atom stereocenters. The summed E-state index contributed by atoms with van der Waals surface area (Å²) in [5, 5.41) is 15.7. The number of non-ortho nitro benzene ring substituents is 1. The van der Waals surface area contributed by atoms with Gasteiger partial charge in [-0.15, -0.1) is 0 Å². The van der Waals surface area contributed by atoms with Crippen molar-refractivity contribution in [3.05, 3.63) is 118 Å². The Bertz CT molecular complexity index is 1440. The average molecular weight is 512 g/mol. The number of piperazine rings is 1. The number of aromatic nitrogens is 2. The van der Waals surface area contributed by atoms with Gasteiger partial charge in [-0.25, -0.2) is 9.07 Å². The molecule has 9 heteroatoms. The van der Waals surface area contributed by atoms with Crippen molar-refractivity contribution in [3.8, 4) is 16.9 Å². The normalized spacial score (nSPS) is 14.2. The summed E-state index contributed by atoms with van der Waals surface area (Å²) in [6.45, 7) is 3.40. The lowest BCUT2D eigenvalue weighted by Gasteiger charge is -2.34. The van der Waals surface area contributed by atoms with Crippen molar-refractivity contribution in [1.29, 1.82) is 0 Å². The molecule has 1 fully saturated rings. The number of halogens is 1. The van der Waals surface area contributed by atoms with Crippen molar-refractivity contribution in [3.63, 3.8) is 0 Å². The van der Waals surface area contributed by atoms with Crippen LogP contribution in [-0.4, -0.2) is 63.1 Å². The van der Waals surface area contributed by atoms with Gasteiger partial charge in [0.25, 0.3) is 11.6 Å². The highest BCUT2D eigenvalue weighted by Crippen LogP contribution is 2.25. The summed E-state index contributed by atoms with van der Waals surface area (Å²) in [5.74, 6) is -0.542. The number of carbonyl (C=O) groups excluding carboxylic acids is 1. The number of nitro benzene ring substituents is 1. The lowest BCUT2D eigenvalue weighted by Crippen LogP contribution is -2.49. The van der Waals surface area contributed by atoms with Crippen LogP contribution in [0.1, 0.15) is 16.1 Å². The number of rotatable bonds is 7. The Balaban J connectivity index is 1.34. The zero-order valence-electron chi connectivity index (χ0n) is 20.6. The Morgan fingerprint density at radius 3 is 2.29 bits per heavy atom. The number of hydrogen-bond acceptors (Lipinski definition) is 5. The molecule has 1 amide bonds. The van der Waals surface area contributed by atoms with Gasteiger partial charge in [-0.2, -0.15) is 5.10 Å². The summed E-state index contributed by atoms with van der Waals surface area (Å²) in [4.78, 5) is 28.3. The van der Waals surface area contributed by atoms with Gasteiger partial charge in [-0.1, -0.05) is 42.5 Å². The molecule has 38 heavy (non-hydrogen) atoms. The molecule has 0 bridgehead atoms. The Kier molecular flexibility index (Phi) is 7.37. The van der Waals surface area contributed by atoms with Gasteiger partial charge >= 0.3 is 0 Å². The second kappa shape index (κ2) is 11.2. The third-order valence-corrected chi connectivity index (χ3v) is 6.51. The van der Waals surface area contributed by atoms with E-state index < -0.39 is 4.92 Å². The fourth-order valence-corrected chi connectivity index (χ4v) is 4.41. The Morgan fingerprint density at radius 2 is 1.63 bits per heavy atom. The minimum absolute atomic E-state index is 0.0509. The zero-order valence-corrected chi connectivity index (χ0v) is 20.6. The molecule has 0 spiro atoms. The molecule has 5 rings (SSSR count). The summed E-state index contributed by atoms with van der Waals surface area (Å²) in [7, 11) is 0. The van der Waals surface area contributed by atoms with Gasteiger partial charge in [0, 0.05) is 50.4 Å². The number of amides is 1. The lowest BCUT2D eigenvalue weighted by atomic mass is 10.1. The molecular weight excluding hydrogens is 485 g/mol. The lowest BCUT2D eigenvalue weighted by molar-refractivity contribution is -0.384. The van der Waals surface area contributed by atoms with E-state index in [2.05, 4.69) is 34.3 Å². The topological polar surface area (TPSA) is 84.5 Å². The van der Waals surface area contributed by atoms with Crippen molar-refractivity contribution in [2.75, 3.05) is 32.7 Å².